The number of ether oxygens (including phenoxy) is 1. The molecule has 1 aromatic heterocycles. The fourth-order valence-corrected chi connectivity index (χ4v) is 2.03. The van der Waals surface area contributed by atoms with E-state index < -0.39 is 0 Å². The molecule has 0 saturated carbocycles. The SMILES string of the molecule is CCn1cccc1CNc1cccc(OCC(=O)NC)c1. The number of nitrogens with one attached hydrogen (secondary N) is 2. The molecule has 1 amide bonds. The first-order chi connectivity index (χ1) is 10.2. The standard InChI is InChI=1S/C16H21N3O2/c1-3-19-9-5-7-14(19)11-18-13-6-4-8-15(10-13)21-12-16(20)17-2/h4-10,18H,3,11-12H2,1-2H3,(H,17,20). The number of carbonyl (C=O) groups excluding carboxylic acids is 1. The van der Waals surface area contributed by atoms with Crippen molar-refractivity contribution >= 4 is 11.6 Å². The van der Waals surface area contributed by atoms with E-state index in [-0.39, 0.29) is 12.5 Å². The molecular formula is C16H21N3O2. The van der Waals surface area contributed by atoms with Crippen LogP contribution >= 0.6 is 0 Å². The third-order valence-corrected chi connectivity index (χ3v) is 3.22. The van der Waals surface area contributed by atoms with Crippen LogP contribution in [0, 0.1) is 0 Å². The van der Waals surface area contributed by atoms with E-state index in [1.807, 2.05) is 30.3 Å². The highest BCUT2D eigenvalue weighted by molar-refractivity contribution is 5.77. The quantitative estimate of drug-likeness (QED) is 0.821. The molecule has 0 spiro atoms. The third-order valence-electron chi connectivity index (χ3n) is 3.22. The molecular weight excluding hydrogens is 266 g/mol. The zero-order valence-electron chi connectivity index (χ0n) is 12.4. The van der Waals surface area contributed by atoms with E-state index >= 15 is 0 Å². The number of likely N-dealkylation sites (N-methyl/N-ethyl adjacent to an activating group) is 1. The molecule has 0 aliphatic rings. The number of hydrogen-bond donors (Lipinski definition) is 2. The summed E-state index contributed by atoms with van der Waals surface area (Å²) in [4.78, 5) is 11.2. The summed E-state index contributed by atoms with van der Waals surface area (Å²) in [5.74, 6) is 0.531. The van der Waals surface area contributed by atoms with E-state index in [9.17, 15) is 4.79 Å². The zero-order valence-corrected chi connectivity index (χ0v) is 12.4. The van der Waals surface area contributed by atoms with Crippen molar-refractivity contribution in [1.29, 1.82) is 0 Å². The van der Waals surface area contributed by atoms with E-state index in [4.69, 9.17) is 4.74 Å². The van der Waals surface area contributed by atoms with Crippen LogP contribution in [0.3, 0.4) is 0 Å². The summed E-state index contributed by atoms with van der Waals surface area (Å²) < 4.78 is 7.62. The van der Waals surface area contributed by atoms with Crippen molar-refractivity contribution in [2.75, 3.05) is 19.0 Å². The highest BCUT2D eigenvalue weighted by Gasteiger charge is 2.02. The van der Waals surface area contributed by atoms with Gasteiger partial charge in [0.2, 0.25) is 0 Å². The van der Waals surface area contributed by atoms with Crippen LogP contribution in [-0.2, 0) is 17.9 Å². The molecule has 112 valence electrons. The summed E-state index contributed by atoms with van der Waals surface area (Å²) in [5.41, 5.74) is 2.20. The van der Waals surface area contributed by atoms with Gasteiger partial charge >= 0.3 is 0 Å². The molecule has 0 bridgehead atoms. The van der Waals surface area contributed by atoms with Gasteiger partial charge in [0.15, 0.2) is 6.61 Å². The summed E-state index contributed by atoms with van der Waals surface area (Å²) in [7, 11) is 1.59. The van der Waals surface area contributed by atoms with Crippen molar-refractivity contribution in [3.63, 3.8) is 0 Å². The second-order valence-electron chi connectivity index (χ2n) is 4.63. The van der Waals surface area contributed by atoms with Gasteiger partial charge in [0.25, 0.3) is 5.91 Å². The van der Waals surface area contributed by atoms with Crippen molar-refractivity contribution in [2.24, 2.45) is 0 Å². The van der Waals surface area contributed by atoms with Crippen LogP contribution in [0.2, 0.25) is 0 Å². The van der Waals surface area contributed by atoms with Crippen LogP contribution in [0.15, 0.2) is 42.6 Å². The predicted octanol–water partition coefficient (Wildman–Crippen LogP) is 2.24. The van der Waals surface area contributed by atoms with Gasteiger partial charge in [-0.3, -0.25) is 4.79 Å². The normalized spacial score (nSPS) is 10.2. The van der Waals surface area contributed by atoms with Gasteiger partial charge in [0.05, 0.1) is 6.54 Å². The number of aryl methyl sites for hydroxylation is 1. The number of hydrogen-bond acceptors (Lipinski definition) is 3. The van der Waals surface area contributed by atoms with Crippen molar-refractivity contribution in [2.45, 2.75) is 20.0 Å². The van der Waals surface area contributed by atoms with Gasteiger partial charge in [0.1, 0.15) is 5.75 Å². The smallest absolute Gasteiger partial charge is 0.257 e. The second-order valence-corrected chi connectivity index (χ2v) is 4.63. The van der Waals surface area contributed by atoms with E-state index in [1.165, 1.54) is 5.69 Å². The lowest BCUT2D eigenvalue weighted by Gasteiger charge is -2.11. The Morgan fingerprint density at radius 1 is 1.29 bits per heavy atom. The summed E-state index contributed by atoms with van der Waals surface area (Å²) in [5, 5.41) is 5.89. The number of anilines is 1. The number of aromatic nitrogens is 1. The Hall–Kier alpha value is -2.43. The molecule has 21 heavy (non-hydrogen) atoms. The van der Waals surface area contributed by atoms with Crippen molar-refractivity contribution in [1.82, 2.24) is 9.88 Å². The lowest BCUT2D eigenvalue weighted by molar-refractivity contribution is -0.122. The van der Waals surface area contributed by atoms with Gasteiger partial charge in [0, 0.05) is 37.2 Å². The molecule has 0 aliphatic carbocycles. The van der Waals surface area contributed by atoms with Crippen LogP contribution in [0.5, 0.6) is 5.75 Å². The molecule has 5 heteroatoms. The number of nitrogens with zero attached hydrogens (tertiary/aromatic N) is 1. The van der Waals surface area contributed by atoms with Crippen molar-refractivity contribution in [3.05, 3.63) is 48.3 Å². The molecule has 0 aliphatic heterocycles. The molecule has 2 rings (SSSR count). The molecule has 0 saturated heterocycles. The maximum Gasteiger partial charge on any atom is 0.257 e. The molecule has 1 heterocycles. The largest absolute Gasteiger partial charge is 0.484 e. The van der Waals surface area contributed by atoms with Gasteiger partial charge in [-0.2, -0.15) is 0 Å². The predicted molar refractivity (Wildman–Crippen MR) is 83.4 cm³/mol. The molecule has 2 N–H and O–H groups in total. The molecule has 5 nitrogen and oxygen atoms in total. The fraction of sp³-hybridized carbons (Fsp3) is 0.312. The Morgan fingerprint density at radius 2 is 2.14 bits per heavy atom. The average Bonchev–Trinajstić information content (AvgIpc) is 2.98. The zero-order chi connectivity index (χ0) is 15.1. The van der Waals surface area contributed by atoms with E-state index in [0.29, 0.717) is 5.75 Å². The topological polar surface area (TPSA) is 55.3 Å². The van der Waals surface area contributed by atoms with Gasteiger partial charge in [-0.25, -0.2) is 0 Å². The fourth-order valence-electron chi connectivity index (χ4n) is 2.03. The Balaban J connectivity index is 1.93. The van der Waals surface area contributed by atoms with Crippen LogP contribution in [0.4, 0.5) is 5.69 Å². The highest BCUT2D eigenvalue weighted by Crippen LogP contribution is 2.18. The first-order valence-corrected chi connectivity index (χ1v) is 7.04. The molecule has 0 atom stereocenters. The van der Waals surface area contributed by atoms with Crippen molar-refractivity contribution < 1.29 is 9.53 Å². The number of benzene rings is 1. The maximum absolute atomic E-state index is 11.2. The Bertz CT molecular complexity index is 593. The van der Waals surface area contributed by atoms with Gasteiger partial charge in [-0.05, 0) is 31.2 Å². The summed E-state index contributed by atoms with van der Waals surface area (Å²) in [6.45, 7) is 3.86. The van der Waals surface area contributed by atoms with Gasteiger partial charge in [-0.1, -0.05) is 6.07 Å². The summed E-state index contributed by atoms with van der Waals surface area (Å²) in [6.07, 6.45) is 2.07. The van der Waals surface area contributed by atoms with Crippen LogP contribution < -0.4 is 15.4 Å². The lowest BCUT2D eigenvalue weighted by atomic mass is 10.3. The van der Waals surface area contributed by atoms with Crippen molar-refractivity contribution in [3.8, 4) is 5.75 Å². The maximum atomic E-state index is 11.2. The molecule has 0 fully saturated rings. The number of amides is 1. The molecule has 0 radical (unpaired) electrons. The van der Waals surface area contributed by atoms with Crippen LogP contribution in [-0.4, -0.2) is 24.1 Å². The monoisotopic (exact) mass is 287 g/mol. The first kappa shape index (κ1) is 15.0. The highest BCUT2D eigenvalue weighted by atomic mass is 16.5. The number of rotatable bonds is 7. The molecule has 2 aromatic rings. The van der Waals surface area contributed by atoms with Gasteiger partial charge in [-0.15, -0.1) is 0 Å². The second kappa shape index (κ2) is 7.38. The molecule has 1 aromatic carbocycles. The van der Waals surface area contributed by atoms with Gasteiger partial charge < -0.3 is 19.9 Å². The minimum atomic E-state index is -0.144. The average molecular weight is 287 g/mol. The Labute approximate surface area is 124 Å². The number of carbonyl (C=O) groups is 1. The van der Waals surface area contributed by atoms with Crippen LogP contribution in [0.1, 0.15) is 12.6 Å². The van der Waals surface area contributed by atoms with E-state index in [0.717, 1.165) is 18.8 Å². The Kier molecular flexibility index (Phi) is 5.26. The lowest BCUT2D eigenvalue weighted by Crippen LogP contribution is -2.24. The first-order valence-electron chi connectivity index (χ1n) is 7.04. The minimum Gasteiger partial charge on any atom is -0.484 e. The Morgan fingerprint density at radius 3 is 2.90 bits per heavy atom. The van der Waals surface area contributed by atoms with Crippen LogP contribution in [0.25, 0.3) is 0 Å². The van der Waals surface area contributed by atoms with E-state index in [2.05, 4.69) is 34.4 Å². The third kappa shape index (κ3) is 4.27. The molecule has 0 unspecified atom stereocenters. The minimum absolute atomic E-state index is 0.0264. The summed E-state index contributed by atoms with van der Waals surface area (Å²) in [6, 6.07) is 11.8. The van der Waals surface area contributed by atoms with E-state index in [1.54, 1.807) is 7.05 Å². The summed E-state index contributed by atoms with van der Waals surface area (Å²) >= 11 is 0.